The van der Waals surface area contributed by atoms with Gasteiger partial charge < -0.3 is 0 Å². The van der Waals surface area contributed by atoms with Crippen molar-refractivity contribution in [3.05, 3.63) is 68.3 Å². The van der Waals surface area contributed by atoms with Gasteiger partial charge in [-0.1, -0.05) is 17.7 Å². The molecule has 2 aromatic carbocycles. The Balaban J connectivity index is 2.52. The first-order valence-corrected chi connectivity index (χ1v) is 6.96. The average Bonchev–Trinajstić information content (AvgIpc) is 2.46. The van der Waals surface area contributed by atoms with Crippen molar-refractivity contribution in [3.63, 3.8) is 0 Å². The fourth-order valence-electron chi connectivity index (χ4n) is 1.71. The van der Waals surface area contributed by atoms with Crippen molar-refractivity contribution in [1.29, 1.82) is 0 Å². The van der Waals surface area contributed by atoms with E-state index in [4.69, 9.17) is 0 Å². The number of nitro groups is 2. The van der Waals surface area contributed by atoms with Gasteiger partial charge in [-0.15, -0.1) is 0 Å². The molecule has 0 heterocycles. The lowest BCUT2D eigenvalue weighted by molar-refractivity contribution is -0.396. The molecule has 0 N–H and O–H groups in total. The van der Waals surface area contributed by atoms with Crippen LogP contribution in [-0.4, -0.2) is 14.1 Å². The second kappa shape index (κ2) is 5.80. The van der Waals surface area contributed by atoms with Crippen LogP contribution in [0.25, 0.3) is 0 Å². The molecule has 0 aliphatic rings. The Morgan fingerprint density at radius 2 is 1.57 bits per heavy atom. The van der Waals surface area contributed by atoms with E-state index in [0.717, 1.165) is 23.8 Å². The van der Waals surface area contributed by atoms with E-state index in [2.05, 4.69) is 0 Å². The molecular weight excluding hydrogens is 296 g/mol. The highest BCUT2D eigenvalue weighted by atomic mass is 32.2. The maximum Gasteiger partial charge on any atom is 0.292 e. The first kappa shape index (κ1) is 14.8. The van der Waals surface area contributed by atoms with Crippen LogP contribution in [0.3, 0.4) is 0 Å². The number of non-ortho nitro benzene ring substituents is 1. The molecule has 2 rings (SSSR count). The molecule has 0 saturated heterocycles. The summed E-state index contributed by atoms with van der Waals surface area (Å²) in [4.78, 5) is 20.5. The van der Waals surface area contributed by atoms with Gasteiger partial charge in [-0.3, -0.25) is 20.2 Å². The highest BCUT2D eigenvalue weighted by Crippen LogP contribution is 2.30. The topological polar surface area (TPSA) is 103 Å². The summed E-state index contributed by atoms with van der Waals surface area (Å²) in [7, 11) is -1.77. The molecule has 0 radical (unpaired) electrons. The summed E-state index contributed by atoms with van der Waals surface area (Å²) >= 11 is 0. The van der Waals surface area contributed by atoms with E-state index < -0.39 is 32.0 Å². The first-order chi connectivity index (χ1) is 9.90. The minimum Gasteiger partial charge on any atom is -0.258 e. The molecule has 8 heteroatoms. The summed E-state index contributed by atoms with van der Waals surface area (Å²) in [5.41, 5.74) is 0.0309. The molecule has 0 fully saturated rings. The number of rotatable bonds is 4. The van der Waals surface area contributed by atoms with Crippen LogP contribution < -0.4 is 0 Å². The van der Waals surface area contributed by atoms with Crippen LogP contribution in [0.15, 0.2) is 52.3 Å². The maximum absolute atomic E-state index is 12.4. The van der Waals surface area contributed by atoms with Crippen molar-refractivity contribution in [3.8, 4) is 0 Å². The number of nitrogens with zero attached hydrogens (tertiary/aromatic N) is 2. The van der Waals surface area contributed by atoms with Crippen LogP contribution in [0, 0.1) is 27.2 Å². The smallest absolute Gasteiger partial charge is 0.258 e. The summed E-state index contributed by atoms with van der Waals surface area (Å²) in [6.07, 6.45) is 0. The van der Waals surface area contributed by atoms with Crippen molar-refractivity contribution < 1.29 is 14.1 Å². The van der Waals surface area contributed by atoms with Gasteiger partial charge in [0.05, 0.1) is 26.7 Å². The van der Waals surface area contributed by atoms with Gasteiger partial charge in [0.25, 0.3) is 11.4 Å². The predicted molar refractivity (Wildman–Crippen MR) is 75.6 cm³/mol. The molecule has 0 aromatic heterocycles. The predicted octanol–water partition coefficient (Wildman–Crippen LogP) is 2.98. The zero-order valence-electron chi connectivity index (χ0n) is 10.9. The highest BCUT2D eigenvalue weighted by Gasteiger charge is 2.24. The molecule has 0 aliphatic carbocycles. The Kier molecular flexibility index (Phi) is 4.08. The van der Waals surface area contributed by atoms with Crippen molar-refractivity contribution >= 4 is 22.2 Å². The third-order valence-electron chi connectivity index (χ3n) is 2.78. The molecule has 7 nitrogen and oxygen atoms in total. The Morgan fingerprint density at radius 1 is 0.952 bits per heavy atom. The van der Waals surface area contributed by atoms with E-state index in [1.807, 2.05) is 6.92 Å². The third kappa shape index (κ3) is 3.11. The summed E-state index contributed by atoms with van der Waals surface area (Å²) < 4.78 is 12.4. The fraction of sp³-hybridized carbons (Fsp3) is 0.0769. The summed E-state index contributed by atoms with van der Waals surface area (Å²) in [5, 5.41) is 21.7. The van der Waals surface area contributed by atoms with Crippen LogP contribution in [0.1, 0.15) is 5.56 Å². The van der Waals surface area contributed by atoms with Gasteiger partial charge in [-0.05, 0) is 25.1 Å². The van der Waals surface area contributed by atoms with Gasteiger partial charge in [-0.25, -0.2) is 4.21 Å². The van der Waals surface area contributed by atoms with Crippen molar-refractivity contribution in [2.45, 2.75) is 16.7 Å². The van der Waals surface area contributed by atoms with E-state index in [0.29, 0.717) is 4.90 Å². The molecule has 108 valence electrons. The Labute approximate surface area is 122 Å². The standard InChI is InChI=1S/C13H10N2O5S/c1-9-2-5-11(6-3-9)21(20)13-7-4-10(14(16)17)8-12(13)15(18)19/h2-8H,1H3. The Bertz CT molecular complexity index is 743. The number of hydrogen-bond acceptors (Lipinski definition) is 5. The minimum absolute atomic E-state index is 0.0607. The number of benzene rings is 2. The van der Waals surface area contributed by atoms with Gasteiger partial charge >= 0.3 is 0 Å². The quantitative estimate of drug-likeness (QED) is 0.638. The lowest BCUT2D eigenvalue weighted by Gasteiger charge is -2.04. The monoisotopic (exact) mass is 306 g/mol. The fourth-order valence-corrected chi connectivity index (χ4v) is 2.86. The van der Waals surface area contributed by atoms with Crippen LogP contribution >= 0.6 is 0 Å². The highest BCUT2D eigenvalue weighted by molar-refractivity contribution is 7.85. The molecule has 21 heavy (non-hydrogen) atoms. The molecule has 2 aromatic rings. The Morgan fingerprint density at radius 3 is 2.10 bits per heavy atom. The van der Waals surface area contributed by atoms with Crippen LogP contribution in [0.2, 0.25) is 0 Å². The van der Waals surface area contributed by atoms with E-state index in [-0.39, 0.29) is 4.90 Å². The largest absolute Gasteiger partial charge is 0.292 e. The van der Waals surface area contributed by atoms with Crippen molar-refractivity contribution in [2.75, 3.05) is 0 Å². The zero-order valence-corrected chi connectivity index (χ0v) is 11.7. The SMILES string of the molecule is Cc1ccc(S(=O)c2ccc([N+](=O)[O-])cc2[N+](=O)[O-])cc1. The molecule has 0 amide bonds. The van der Waals surface area contributed by atoms with E-state index in [1.165, 1.54) is 0 Å². The summed E-state index contributed by atoms with van der Waals surface area (Å²) in [5.74, 6) is 0. The van der Waals surface area contributed by atoms with E-state index in [1.54, 1.807) is 24.3 Å². The number of nitro benzene ring substituents is 2. The van der Waals surface area contributed by atoms with Gasteiger partial charge in [0.15, 0.2) is 0 Å². The van der Waals surface area contributed by atoms with Gasteiger partial charge in [0, 0.05) is 11.0 Å². The second-order valence-electron chi connectivity index (χ2n) is 4.25. The molecule has 1 atom stereocenters. The second-order valence-corrected chi connectivity index (χ2v) is 5.70. The average molecular weight is 306 g/mol. The van der Waals surface area contributed by atoms with Crippen LogP contribution in [0.4, 0.5) is 11.4 Å². The molecule has 0 spiro atoms. The minimum atomic E-state index is -1.77. The summed E-state index contributed by atoms with van der Waals surface area (Å²) in [6, 6.07) is 9.78. The maximum atomic E-state index is 12.4. The van der Waals surface area contributed by atoms with E-state index in [9.17, 15) is 24.4 Å². The number of hydrogen-bond donors (Lipinski definition) is 0. The molecule has 0 aliphatic heterocycles. The zero-order chi connectivity index (χ0) is 15.6. The summed E-state index contributed by atoms with van der Waals surface area (Å²) in [6.45, 7) is 1.86. The van der Waals surface area contributed by atoms with Crippen LogP contribution in [0.5, 0.6) is 0 Å². The van der Waals surface area contributed by atoms with E-state index >= 15 is 0 Å². The normalized spacial score (nSPS) is 11.9. The molecule has 1 unspecified atom stereocenters. The Hall–Kier alpha value is -2.61. The molecular formula is C13H10N2O5S. The molecule has 0 bridgehead atoms. The number of aryl methyl sites for hydroxylation is 1. The van der Waals surface area contributed by atoms with Gasteiger partial charge in [0.1, 0.15) is 4.90 Å². The van der Waals surface area contributed by atoms with Crippen molar-refractivity contribution in [1.82, 2.24) is 0 Å². The van der Waals surface area contributed by atoms with Gasteiger partial charge in [0.2, 0.25) is 0 Å². The lowest BCUT2D eigenvalue weighted by atomic mass is 10.2. The third-order valence-corrected chi connectivity index (χ3v) is 4.23. The first-order valence-electron chi connectivity index (χ1n) is 5.81. The van der Waals surface area contributed by atoms with Gasteiger partial charge in [-0.2, -0.15) is 0 Å². The molecule has 0 saturated carbocycles. The van der Waals surface area contributed by atoms with Crippen molar-refractivity contribution in [2.24, 2.45) is 0 Å². The van der Waals surface area contributed by atoms with Crippen LogP contribution in [-0.2, 0) is 10.8 Å². The lowest BCUT2D eigenvalue weighted by Crippen LogP contribution is -2.00.